The van der Waals surface area contributed by atoms with E-state index in [0.29, 0.717) is 5.75 Å². The number of ether oxygens (including phenoxy) is 1. The van der Waals surface area contributed by atoms with Gasteiger partial charge in [0, 0.05) is 25.8 Å². The second kappa shape index (κ2) is 37.7. The Morgan fingerprint density at radius 2 is 0.511 bits per heavy atom. The number of nitrogens with zero attached hydrogens (tertiary/aromatic N) is 1. The Morgan fingerprint density at radius 3 is 0.670 bits per heavy atom. The molecular weight excluding hydrogens is 1340 g/mol. The third-order valence-corrected chi connectivity index (χ3v) is 26.7. The predicted molar refractivity (Wildman–Crippen MR) is 407 cm³/mol. The Kier molecular flexibility index (Phi) is 27.8. The molecule has 0 amide bonds. The summed E-state index contributed by atoms with van der Waals surface area (Å²) in [6, 6.07) is 134. The number of rotatable bonds is 15. The van der Waals surface area contributed by atoms with Crippen molar-refractivity contribution in [1.29, 1.82) is 0 Å². The average molecular weight is 1410 g/mol. The monoisotopic (exact) mass is 1410 g/mol. The number of benzene rings is 13. The van der Waals surface area contributed by atoms with Crippen molar-refractivity contribution in [3.8, 4) is 16.3 Å². The van der Waals surface area contributed by atoms with Crippen molar-refractivity contribution in [3.05, 3.63) is 399 Å². The van der Waals surface area contributed by atoms with Crippen LogP contribution in [0.3, 0.4) is 0 Å². The first-order valence-electron chi connectivity index (χ1n) is 30.6. The number of halogens is 1. The van der Waals surface area contributed by atoms with Gasteiger partial charge < -0.3 is 9.84 Å². The van der Waals surface area contributed by atoms with Crippen LogP contribution in [-0.2, 0) is 20.4 Å². The summed E-state index contributed by atoms with van der Waals surface area (Å²) in [7, 11) is -2.09. The SMILES string of the molecule is COc1cccc(F)c1-c1nc(C(=O)O)cs1.[Pd].c1ccc([PH+](c2ccccc2)c2ccccc2)cc1.c1ccc([PH+](c2ccccc2)c2ccccc2)cc1.c1ccc([PH+](c2ccccc2)c2ccccc2)cc1.c1ccc([PH+](c2ccccc2)c2ccccc2)cc1. The maximum absolute atomic E-state index is 13.7. The molecule has 0 unspecified atom stereocenters. The molecule has 0 aliphatic heterocycles. The van der Waals surface area contributed by atoms with E-state index in [1.54, 1.807) is 6.07 Å². The van der Waals surface area contributed by atoms with Crippen LogP contribution in [0.1, 0.15) is 10.5 Å². The van der Waals surface area contributed by atoms with Gasteiger partial charge in [-0.25, -0.2) is 14.2 Å². The molecule has 0 spiro atoms. The third-order valence-electron chi connectivity index (χ3n) is 14.9. The van der Waals surface area contributed by atoms with Gasteiger partial charge in [0.2, 0.25) is 0 Å². The molecule has 1 N–H and O–H groups in total. The standard InChI is InChI=1S/4C18H15P.C11H8FNO3S.Pd/c4*1-4-10-16(11-5-1)19(17-12-6-2-7-13-17)18-14-8-3-9-15-18;1-16-8-4-2-3-6(12)9(8)10-13-7(5-17-10)11(14)15;/h4*1-15H;2-5H,1H3,(H,14,15);/p+4. The van der Waals surface area contributed by atoms with Crippen LogP contribution in [0.4, 0.5) is 4.39 Å². The normalized spacial score (nSPS) is 10.4. The molecule has 0 aliphatic carbocycles. The Balaban J connectivity index is 0.000000138. The molecule has 0 atom stereocenters. The van der Waals surface area contributed by atoms with E-state index in [0.717, 1.165) is 11.3 Å². The number of aromatic carboxylic acids is 1. The molecule has 0 saturated carbocycles. The molecule has 466 valence electrons. The number of methoxy groups -OCH3 is 1. The van der Waals surface area contributed by atoms with E-state index in [1.807, 2.05) is 0 Å². The van der Waals surface area contributed by atoms with Crippen molar-refractivity contribution in [3.63, 3.8) is 0 Å². The zero-order valence-corrected chi connectivity index (χ0v) is 58.1. The predicted octanol–water partition coefficient (Wildman–Crippen LogP) is 15.4. The van der Waals surface area contributed by atoms with E-state index in [1.165, 1.54) is 88.3 Å². The van der Waals surface area contributed by atoms with Crippen molar-refractivity contribution < 1.29 is 39.5 Å². The van der Waals surface area contributed by atoms with E-state index in [2.05, 4.69) is 369 Å². The van der Waals surface area contributed by atoms with Gasteiger partial charge in [-0.3, -0.25) is 0 Å². The van der Waals surface area contributed by atoms with E-state index >= 15 is 0 Å². The summed E-state index contributed by atoms with van der Waals surface area (Å²) in [6.07, 6.45) is 0. The van der Waals surface area contributed by atoms with Crippen LogP contribution in [0.5, 0.6) is 5.75 Å². The van der Waals surface area contributed by atoms with Crippen LogP contribution in [0, 0.1) is 5.82 Å². The Morgan fingerprint density at radius 1 is 0.319 bits per heavy atom. The number of aromatic nitrogens is 1. The summed E-state index contributed by atoms with van der Waals surface area (Å²) in [5.41, 5.74) is 0.0859. The van der Waals surface area contributed by atoms with Crippen LogP contribution >= 0.6 is 43.0 Å². The van der Waals surface area contributed by atoms with Gasteiger partial charge in [0.15, 0.2) is 5.69 Å². The molecule has 0 radical (unpaired) electrons. The fourth-order valence-corrected chi connectivity index (χ4v) is 21.8. The topological polar surface area (TPSA) is 59.4 Å². The van der Waals surface area contributed by atoms with E-state index in [-0.39, 0.29) is 36.7 Å². The largest absolute Gasteiger partial charge is 0.496 e. The summed E-state index contributed by atoms with van der Waals surface area (Å²) in [5.74, 6) is -1.30. The van der Waals surface area contributed by atoms with Gasteiger partial charge in [0.1, 0.15) is 80.2 Å². The quantitative estimate of drug-likeness (QED) is 0.0821. The van der Waals surface area contributed by atoms with E-state index in [4.69, 9.17) is 9.84 Å². The first kappa shape index (κ1) is 69.4. The van der Waals surface area contributed by atoms with Gasteiger partial charge in [0.05, 0.1) is 44.4 Å². The molecule has 0 bridgehead atoms. The van der Waals surface area contributed by atoms with E-state index in [9.17, 15) is 9.18 Å². The molecule has 14 aromatic rings. The Bertz CT molecular complexity index is 3550. The van der Waals surface area contributed by atoms with Gasteiger partial charge in [-0.1, -0.05) is 224 Å². The third kappa shape index (κ3) is 19.8. The molecule has 4 nitrogen and oxygen atoms in total. The average Bonchev–Trinajstić information content (AvgIpc) is 1.51. The van der Waals surface area contributed by atoms with Crippen LogP contribution in [0.15, 0.2) is 388 Å². The number of hydrogen-bond acceptors (Lipinski definition) is 4. The first-order chi connectivity index (χ1) is 45.9. The number of carboxylic acids is 1. The van der Waals surface area contributed by atoms with Crippen LogP contribution in [-0.4, -0.2) is 23.2 Å². The van der Waals surface area contributed by atoms with Gasteiger partial charge in [-0.2, -0.15) is 0 Å². The van der Waals surface area contributed by atoms with Crippen molar-refractivity contribution in [1.82, 2.24) is 4.98 Å². The number of thiazole rings is 1. The maximum Gasteiger partial charge on any atom is 0.355 e. The maximum atomic E-state index is 13.7. The molecule has 94 heavy (non-hydrogen) atoms. The minimum atomic E-state index is -1.14. The van der Waals surface area contributed by atoms with Crippen molar-refractivity contribution in [2.45, 2.75) is 0 Å². The molecule has 11 heteroatoms. The van der Waals surface area contributed by atoms with Crippen LogP contribution in [0.25, 0.3) is 10.6 Å². The number of carboxylic acid groups (broad SMARTS) is 1. The molecule has 14 rings (SSSR count). The Labute approximate surface area is 575 Å². The number of hydrogen-bond donors (Lipinski definition) is 1. The summed E-state index contributed by atoms with van der Waals surface area (Å²) >= 11 is 1.06. The minimum absolute atomic E-state index is 0. The van der Waals surface area contributed by atoms with Gasteiger partial charge in [-0.15, -0.1) is 11.3 Å². The molecule has 13 aromatic carbocycles. The Hall–Kier alpha value is -8.93. The minimum Gasteiger partial charge on any atom is -0.496 e. The molecular formula is C83H72FNO3P4PdS+4. The van der Waals surface area contributed by atoms with Crippen molar-refractivity contribution >= 4 is 113 Å². The second-order valence-electron chi connectivity index (χ2n) is 21.1. The zero-order chi connectivity index (χ0) is 64.1. The molecule has 1 heterocycles. The molecule has 1 aromatic heterocycles. The fraction of sp³-hybridized carbons (Fsp3) is 0.0120. The zero-order valence-electron chi connectivity index (χ0n) is 51.8. The van der Waals surface area contributed by atoms with Gasteiger partial charge >= 0.3 is 5.97 Å². The molecule has 0 saturated heterocycles. The first-order valence-corrected chi connectivity index (χ1v) is 37.5. The van der Waals surface area contributed by atoms with Gasteiger partial charge in [0.25, 0.3) is 0 Å². The van der Waals surface area contributed by atoms with Crippen molar-refractivity contribution in [2.24, 2.45) is 0 Å². The second-order valence-corrected chi connectivity index (χ2v) is 31.8. The summed E-state index contributed by atoms with van der Waals surface area (Å²) < 4.78 is 18.7. The van der Waals surface area contributed by atoms with Gasteiger partial charge in [-0.05, 0) is 158 Å². The smallest absolute Gasteiger partial charge is 0.355 e. The molecule has 0 fully saturated rings. The van der Waals surface area contributed by atoms with Crippen LogP contribution in [0.2, 0.25) is 0 Å². The summed E-state index contributed by atoms with van der Waals surface area (Å²) in [5, 5.41) is 27.6. The fourth-order valence-electron chi connectivity index (χ4n) is 10.6. The van der Waals surface area contributed by atoms with Crippen molar-refractivity contribution in [2.75, 3.05) is 7.11 Å². The van der Waals surface area contributed by atoms with E-state index < -0.39 is 43.5 Å². The molecule has 0 aliphatic rings. The summed E-state index contributed by atoms with van der Waals surface area (Å²) in [6.45, 7) is 0. The number of carbonyl (C=O) groups is 1. The van der Waals surface area contributed by atoms with Crippen LogP contribution < -0.4 is 68.4 Å². The summed E-state index contributed by atoms with van der Waals surface area (Å²) in [4.78, 5) is 14.6.